The zero-order valence-corrected chi connectivity index (χ0v) is 15.9. The van der Waals surface area contributed by atoms with Crippen molar-refractivity contribution in [2.45, 2.75) is 23.5 Å². The summed E-state index contributed by atoms with van der Waals surface area (Å²) in [4.78, 5) is 34.5. The van der Waals surface area contributed by atoms with Crippen LogP contribution in [0.2, 0.25) is 0 Å². The first kappa shape index (κ1) is 21.4. The first-order valence-corrected chi connectivity index (χ1v) is 9.32. The molecular weight excluding hydrogens is 387 g/mol. The number of carbonyl (C=O) groups excluding carboxylic acids is 2. The molecule has 0 aliphatic heterocycles. The molecule has 0 saturated carbocycles. The summed E-state index contributed by atoms with van der Waals surface area (Å²) >= 11 is 1.17. The van der Waals surface area contributed by atoms with Crippen molar-refractivity contribution in [3.63, 3.8) is 0 Å². The van der Waals surface area contributed by atoms with Gasteiger partial charge in [-0.2, -0.15) is 0 Å². The number of hydrogen-bond donors (Lipinski definition) is 1. The second-order valence-corrected chi connectivity index (χ2v) is 7.22. The molecule has 28 heavy (non-hydrogen) atoms. The third kappa shape index (κ3) is 6.66. The smallest absolute Gasteiger partial charge is 0.319 e. The van der Waals surface area contributed by atoms with E-state index < -0.39 is 28.7 Å². The molecule has 1 amide bonds. The number of rotatable bonds is 9. The Hall–Kier alpha value is -2.94. The molecule has 0 fully saturated rings. The molecule has 0 bridgehead atoms. The van der Waals surface area contributed by atoms with Crippen molar-refractivity contribution in [3.05, 3.63) is 70.0 Å². The molecule has 1 atom stereocenters. The fourth-order valence-corrected chi connectivity index (χ4v) is 3.11. The van der Waals surface area contributed by atoms with E-state index in [0.717, 1.165) is 0 Å². The fraction of sp³-hybridized carbons (Fsp3) is 0.263. The third-order valence-electron chi connectivity index (χ3n) is 3.71. The molecule has 0 spiro atoms. The van der Waals surface area contributed by atoms with Gasteiger partial charge in [0.1, 0.15) is 11.1 Å². The highest BCUT2D eigenvalue weighted by molar-refractivity contribution is 8.00. The minimum Gasteiger partial charge on any atom is -0.455 e. The van der Waals surface area contributed by atoms with Crippen molar-refractivity contribution in [3.8, 4) is 0 Å². The van der Waals surface area contributed by atoms with Gasteiger partial charge in [-0.05, 0) is 37.1 Å². The van der Waals surface area contributed by atoms with Crippen LogP contribution in [-0.2, 0) is 20.7 Å². The molecule has 2 aromatic carbocycles. The predicted octanol–water partition coefficient (Wildman–Crippen LogP) is 3.12. The van der Waals surface area contributed by atoms with Crippen LogP contribution in [0.1, 0.15) is 12.5 Å². The van der Waals surface area contributed by atoms with Gasteiger partial charge in [-0.15, -0.1) is 11.8 Å². The Morgan fingerprint density at radius 2 is 1.89 bits per heavy atom. The molecule has 0 aliphatic carbocycles. The molecule has 2 aromatic rings. The summed E-state index contributed by atoms with van der Waals surface area (Å²) in [5.74, 6) is -1.38. The molecule has 7 nitrogen and oxygen atoms in total. The number of nitro groups is 1. The average molecular weight is 406 g/mol. The van der Waals surface area contributed by atoms with Gasteiger partial charge >= 0.3 is 5.97 Å². The molecule has 9 heteroatoms. The molecule has 0 saturated heterocycles. The number of nitrogens with zero attached hydrogens (tertiary/aromatic N) is 1. The minimum atomic E-state index is -0.590. The predicted molar refractivity (Wildman–Crippen MR) is 102 cm³/mol. The SMILES string of the molecule is C[C@H](Sc1ccc([N+](=O)[O-])cc1)C(=O)OCC(=O)NCCc1ccccc1F. The van der Waals surface area contributed by atoms with Gasteiger partial charge < -0.3 is 10.1 Å². The maximum atomic E-state index is 13.5. The van der Waals surface area contributed by atoms with Crippen LogP contribution in [-0.4, -0.2) is 35.2 Å². The molecule has 0 unspecified atom stereocenters. The third-order valence-corrected chi connectivity index (χ3v) is 4.80. The van der Waals surface area contributed by atoms with Crippen LogP contribution in [0.15, 0.2) is 53.4 Å². The normalized spacial score (nSPS) is 11.5. The Labute approximate surface area is 165 Å². The van der Waals surface area contributed by atoms with Crippen LogP contribution in [0.3, 0.4) is 0 Å². The van der Waals surface area contributed by atoms with Crippen LogP contribution in [0, 0.1) is 15.9 Å². The number of esters is 1. The van der Waals surface area contributed by atoms with E-state index >= 15 is 0 Å². The topological polar surface area (TPSA) is 98.5 Å². The van der Waals surface area contributed by atoms with E-state index in [9.17, 15) is 24.1 Å². The van der Waals surface area contributed by atoms with E-state index in [1.54, 1.807) is 37.3 Å². The zero-order valence-electron chi connectivity index (χ0n) is 15.1. The lowest BCUT2D eigenvalue weighted by Gasteiger charge is -2.11. The summed E-state index contributed by atoms with van der Waals surface area (Å²) in [6.07, 6.45) is 0.332. The first-order chi connectivity index (χ1) is 13.4. The number of nitro benzene ring substituents is 1. The van der Waals surface area contributed by atoms with Gasteiger partial charge in [-0.3, -0.25) is 19.7 Å². The highest BCUT2D eigenvalue weighted by Gasteiger charge is 2.18. The van der Waals surface area contributed by atoms with E-state index in [-0.39, 0.29) is 18.0 Å². The van der Waals surface area contributed by atoms with Crippen LogP contribution in [0.25, 0.3) is 0 Å². The second-order valence-electron chi connectivity index (χ2n) is 5.81. The first-order valence-electron chi connectivity index (χ1n) is 8.44. The van der Waals surface area contributed by atoms with Gasteiger partial charge in [0.05, 0.1) is 4.92 Å². The molecular formula is C19H19FN2O5S. The largest absolute Gasteiger partial charge is 0.455 e. The number of nitrogens with one attached hydrogen (secondary N) is 1. The van der Waals surface area contributed by atoms with Crippen LogP contribution in [0.5, 0.6) is 0 Å². The monoisotopic (exact) mass is 406 g/mol. The molecule has 0 heterocycles. The number of hydrogen-bond acceptors (Lipinski definition) is 6. The molecule has 0 radical (unpaired) electrons. The lowest BCUT2D eigenvalue weighted by molar-refractivity contribution is -0.384. The Bertz CT molecular complexity index is 844. The summed E-state index contributed by atoms with van der Waals surface area (Å²) in [5, 5.41) is 12.6. The van der Waals surface area contributed by atoms with Crippen LogP contribution in [0.4, 0.5) is 10.1 Å². The number of benzene rings is 2. The second kappa shape index (κ2) is 10.4. The van der Waals surface area contributed by atoms with E-state index in [0.29, 0.717) is 16.9 Å². The maximum absolute atomic E-state index is 13.5. The summed E-state index contributed by atoms with van der Waals surface area (Å²) in [5.41, 5.74) is 0.458. The standard InChI is InChI=1S/C19H19FN2O5S/c1-13(28-16-8-6-15(7-9-16)22(25)26)19(24)27-12-18(23)21-11-10-14-4-2-3-5-17(14)20/h2-9,13H,10-12H2,1H3,(H,21,23)/t13-/m0/s1. The quantitative estimate of drug-likeness (QED) is 0.297. The van der Waals surface area contributed by atoms with Gasteiger partial charge in [0, 0.05) is 23.6 Å². The van der Waals surface area contributed by atoms with Gasteiger partial charge in [0.15, 0.2) is 6.61 Å². The van der Waals surface area contributed by atoms with Crippen molar-refractivity contribution in [1.82, 2.24) is 5.32 Å². The zero-order chi connectivity index (χ0) is 20.5. The van der Waals surface area contributed by atoms with E-state index in [4.69, 9.17) is 4.74 Å². The maximum Gasteiger partial charge on any atom is 0.319 e. The van der Waals surface area contributed by atoms with Gasteiger partial charge in [0.2, 0.25) is 0 Å². The number of amides is 1. The van der Waals surface area contributed by atoms with Crippen LogP contribution < -0.4 is 5.32 Å². The van der Waals surface area contributed by atoms with Crippen molar-refractivity contribution < 1.29 is 23.6 Å². The van der Waals surface area contributed by atoms with E-state index in [2.05, 4.69) is 5.32 Å². The van der Waals surface area contributed by atoms with Gasteiger partial charge in [-0.25, -0.2) is 4.39 Å². The van der Waals surface area contributed by atoms with Gasteiger partial charge in [0.25, 0.3) is 11.6 Å². The van der Waals surface area contributed by atoms with Crippen molar-refractivity contribution in [1.29, 1.82) is 0 Å². The van der Waals surface area contributed by atoms with Crippen LogP contribution >= 0.6 is 11.8 Å². The van der Waals surface area contributed by atoms with E-state index in [1.165, 1.54) is 30.0 Å². The van der Waals surface area contributed by atoms with Crippen molar-refractivity contribution in [2.24, 2.45) is 0 Å². The summed E-state index contributed by atoms with van der Waals surface area (Å²) in [6, 6.07) is 12.1. The summed E-state index contributed by atoms with van der Waals surface area (Å²) in [6.45, 7) is 1.41. The highest BCUT2D eigenvalue weighted by atomic mass is 32.2. The lowest BCUT2D eigenvalue weighted by Crippen LogP contribution is -2.31. The van der Waals surface area contributed by atoms with Crippen molar-refractivity contribution >= 4 is 29.3 Å². The number of halogens is 1. The molecule has 0 aromatic heterocycles. The molecule has 0 aliphatic rings. The average Bonchev–Trinajstić information content (AvgIpc) is 2.68. The molecule has 2 rings (SSSR count). The number of thioether (sulfide) groups is 1. The fourth-order valence-electron chi connectivity index (χ4n) is 2.24. The Balaban J connectivity index is 1.70. The Morgan fingerprint density at radius 1 is 1.21 bits per heavy atom. The van der Waals surface area contributed by atoms with Crippen molar-refractivity contribution in [2.75, 3.05) is 13.2 Å². The number of carbonyl (C=O) groups is 2. The highest BCUT2D eigenvalue weighted by Crippen LogP contribution is 2.25. The van der Waals surface area contributed by atoms with Gasteiger partial charge in [-0.1, -0.05) is 18.2 Å². The molecule has 148 valence electrons. The molecule has 1 N–H and O–H groups in total. The Morgan fingerprint density at radius 3 is 2.54 bits per heavy atom. The Kier molecular flexibility index (Phi) is 7.94. The number of non-ortho nitro benzene ring substituents is 1. The lowest BCUT2D eigenvalue weighted by atomic mass is 10.1. The number of ether oxygens (including phenoxy) is 1. The summed E-state index contributed by atoms with van der Waals surface area (Å²) < 4.78 is 18.5. The summed E-state index contributed by atoms with van der Waals surface area (Å²) in [7, 11) is 0. The minimum absolute atomic E-state index is 0.0355. The van der Waals surface area contributed by atoms with E-state index in [1.807, 2.05) is 0 Å².